The van der Waals surface area contributed by atoms with E-state index in [1.165, 1.54) is 6.20 Å². The number of nitrogens with zero attached hydrogens (tertiary/aromatic N) is 4. The van der Waals surface area contributed by atoms with Crippen LogP contribution in [0, 0.1) is 11.7 Å². The molecule has 2 aromatic heterocycles. The van der Waals surface area contributed by atoms with E-state index in [-0.39, 0.29) is 22.8 Å². The Morgan fingerprint density at radius 3 is 2.88 bits per heavy atom. The molecular formula is C25H28F2N4O. The van der Waals surface area contributed by atoms with Crippen molar-refractivity contribution in [3.05, 3.63) is 48.0 Å². The molecule has 1 aromatic carbocycles. The Hall–Kier alpha value is -2.67. The van der Waals surface area contributed by atoms with Gasteiger partial charge in [0.15, 0.2) is 5.82 Å². The van der Waals surface area contributed by atoms with E-state index < -0.39 is 12.0 Å². The summed E-state index contributed by atoms with van der Waals surface area (Å²) in [5, 5.41) is 0.519. The molecule has 2 aliphatic heterocycles. The second kappa shape index (κ2) is 8.35. The summed E-state index contributed by atoms with van der Waals surface area (Å²) in [5.74, 6) is -0.0349. The molecule has 2 saturated heterocycles. The third kappa shape index (κ3) is 3.83. The van der Waals surface area contributed by atoms with E-state index in [0.717, 1.165) is 36.9 Å². The summed E-state index contributed by atoms with van der Waals surface area (Å²) in [6.07, 6.45) is 5.55. The van der Waals surface area contributed by atoms with Crippen LogP contribution in [0.5, 0.6) is 6.01 Å². The number of benzene rings is 1. The highest BCUT2D eigenvalue weighted by atomic mass is 19.1. The molecule has 4 heterocycles. The maximum Gasteiger partial charge on any atom is 0.317 e. The first kappa shape index (κ1) is 21.2. The van der Waals surface area contributed by atoms with Crippen LogP contribution >= 0.6 is 0 Å². The first-order chi connectivity index (χ1) is 15.4. The Bertz CT molecular complexity index is 1140. The molecule has 0 saturated carbocycles. The van der Waals surface area contributed by atoms with Gasteiger partial charge in [-0.1, -0.05) is 38.1 Å². The quantitative estimate of drug-likeness (QED) is 0.543. The van der Waals surface area contributed by atoms with Crippen molar-refractivity contribution in [2.45, 2.75) is 51.2 Å². The molecule has 0 aliphatic carbocycles. The van der Waals surface area contributed by atoms with Crippen LogP contribution in [-0.4, -0.2) is 51.3 Å². The molecule has 2 unspecified atom stereocenters. The average Bonchev–Trinajstić information content (AvgIpc) is 3.29. The molecule has 5 rings (SSSR count). The third-order valence-electron chi connectivity index (χ3n) is 6.68. The zero-order chi connectivity index (χ0) is 22.3. The molecule has 2 aliphatic rings. The topological polar surface area (TPSA) is 51.1 Å². The molecule has 3 aromatic rings. The Morgan fingerprint density at radius 1 is 1.22 bits per heavy atom. The van der Waals surface area contributed by atoms with E-state index in [0.29, 0.717) is 30.9 Å². The minimum atomic E-state index is -0.826. The van der Waals surface area contributed by atoms with Crippen LogP contribution in [0.25, 0.3) is 22.2 Å². The fourth-order valence-electron chi connectivity index (χ4n) is 5.22. The van der Waals surface area contributed by atoms with E-state index in [1.807, 2.05) is 24.3 Å². The normalized spacial score (nSPS) is 23.2. The molecular weight excluding hydrogens is 410 g/mol. The second-order valence-electron chi connectivity index (χ2n) is 9.50. The van der Waals surface area contributed by atoms with Gasteiger partial charge in [0.2, 0.25) is 0 Å². The molecule has 0 bridgehead atoms. The van der Waals surface area contributed by atoms with Gasteiger partial charge < -0.3 is 4.74 Å². The highest BCUT2D eigenvalue weighted by Gasteiger charge is 2.49. The van der Waals surface area contributed by atoms with E-state index >= 15 is 4.39 Å². The molecule has 0 spiro atoms. The van der Waals surface area contributed by atoms with E-state index in [4.69, 9.17) is 4.74 Å². The largest absolute Gasteiger partial charge is 0.461 e. The number of aromatic nitrogens is 3. The van der Waals surface area contributed by atoms with Gasteiger partial charge in [0.25, 0.3) is 0 Å². The number of fused-ring (bicyclic) bond motifs is 2. The fraction of sp³-hybridized carbons (Fsp3) is 0.480. The van der Waals surface area contributed by atoms with Gasteiger partial charge in [0, 0.05) is 36.3 Å². The van der Waals surface area contributed by atoms with Gasteiger partial charge >= 0.3 is 6.01 Å². The van der Waals surface area contributed by atoms with Crippen molar-refractivity contribution < 1.29 is 13.5 Å². The van der Waals surface area contributed by atoms with Crippen molar-refractivity contribution in [1.82, 2.24) is 19.9 Å². The first-order valence-electron chi connectivity index (χ1n) is 11.4. The highest BCUT2D eigenvalue weighted by molar-refractivity contribution is 5.82. The zero-order valence-electron chi connectivity index (χ0n) is 18.5. The van der Waals surface area contributed by atoms with Crippen molar-refractivity contribution in [3.8, 4) is 17.3 Å². The summed E-state index contributed by atoms with van der Waals surface area (Å²) < 4.78 is 35.5. The number of alkyl halides is 1. The van der Waals surface area contributed by atoms with Gasteiger partial charge in [-0.05, 0) is 37.3 Å². The van der Waals surface area contributed by atoms with Crippen LogP contribution in [0.15, 0.2) is 36.7 Å². The lowest BCUT2D eigenvalue weighted by atomic mass is 9.95. The van der Waals surface area contributed by atoms with Crippen LogP contribution in [0.4, 0.5) is 8.78 Å². The number of rotatable bonds is 6. The van der Waals surface area contributed by atoms with Gasteiger partial charge in [-0.15, -0.1) is 0 Å². The van der Waals surface area contributed by atoms with Crippen LogP contribution in [0.2, 0.25) is 0 Å². The summed E-state index contributed by atoms with van der Waals surface area (Å²) in [6.45, 7) is 5.94. The SMILES string of the molecule is CC(C)Cc1ccccc1-c1ncc2cnc(OCC34CCCN3CC(F)C4)nc2c1F. The van der Waals surface area contributed by atoms with Crippen molar-refractivity contribution in [2.75, 3.05) is 19.7 Å². The number of hydrogen-bond donors (Lipinski definition) is 0. The molecule has 0 amide bonds. The first-order valence-corrected chi connectivity index (χ1v) is 11.4. The Balaban J connectivity index is 1.45. The average molecular weight is 439 g/mol. The maximum atomic E-state index is 15.6. The number of halogens is 2. The molecule has 32 heavy (non-hydrogen) atoms. The lowest BCUT2D eigenvalue weighted by Crippen LogP contribution is -2.43. The van der Waals surface area contributed by atoms with Crippen LogP contribution in [-0.2, 0) is 6.42 Å². The number of ether oxygens (including phenoxy) is 1. The van der Waals surface area contributed by atoms with Gasteiger partial charge in [-0.3, -0.25) is 9.88 Å². The predicted molar refractivity (Wildman–Crippen MR) is 120 cm³/mol. The van der Waals surface area contributed by atoms with Crippen molar-refractivity contribution in [3.63, 3.8) is 0 Å². The van der Waals surface area contributed by atoms with E-state index in [9.17, 15) is 4.39 Å². The van der Waals surface area contributed by atoms with Gasteiger partial charge in [0.05, 0.1) is 5.54 Å². The van der Waals surface area contributed by atoms with Gasteiger partial charge in [-0.2, -0.15) is 4.98 Å². The zero-order valence-corrected chi connectivity index (χ0v) is 18.5. The Labute approximate surface area is 186 Å². The van der Waals surface area contributed by atoms with Gasteiger partial charge in [-0.25, -0.2) is 13.8 Å². The molecule has 0 radical (unpaired) electrons. The van der Waals surface area contributed by atoms with Crippen LogP contribution in [0.1, 0.15) is 38.7 Å². The molecule has 168 valence electrons. The maximum absolute atomic E-state index is 15.6. The molecule has 2 fully saturated rings. The van der Waals surface area contributed by atoms with Gasteiger partial charge in [0.1, 0.15) is 24.0 Å². The fourth-order valence-corrected chi connectivity index (χ4v) is 5.22. The molecule has 5 nitrogen and oxygen atoms in total. The highest BCUT2D eigenvalue weighted by Crippen LogP contribution is 2.40. The standard InChI is InChI=1S/C25H28F2N4O/c1-16(2)10-17-6-3-4-7-20(17)23-21(27)22-18(12-28-23)13-29-24(30-22)32-15-25-8-5-9-31(25)14-19(26)11-25/h3-4,6-7,12-13,16,19H,5,8-11,14-15H2,1-2H3. The molecule has 0 N–H and O–H groups in total. The monoisotopic (exact) mass is 438 g/mol. The smallest absolute Gasteiger partial charge is 0.317 e. The minimum absolute atomic E-state index is 0.118. The van der Waals surface area contributed by atoms with E-state index in [1.54, 1.807) is 6.20 Å². The number of pyridine rings is 1. The third-order valence-corrected chi connectivity index (χ3v) is 6.68. The van der Waals surface area contributed by atoms with E-state index in [2.05, 4.69) is 33.7 Å². The Kier molecular flexibility index (Phi) is 5.53. The predicted octanol–water partition coefficient (Wildman–Crippen LogP) is 4.98. The molecule has 2 atom stereocenters. The van der Waals surface area contributed by atoms with Crippen LogP contribution in [0.3, 0.4) is 0 Å². The molecule has 7 heteroatoms. The lowest BCUT2D eigenvalue weighted by Gasteiger charge is -2.30. The minimum Gasteiger partial charge on any atom is -0.461 e. The van der Waals surface area contributed by atoms with Crippen molar-refractivity contribution in [2.24, 2.45) is 5.92 Å². The summed E-state index contributed by atoms with van der Waals surface area (Å²) >= 11 is 0. The lowest BCUT2D eigenvalue weighted by molar-refractivity contribution is 0.107. The Morgan fingerprint density at radius 2 is 2.03 bits per heavy atom. The second-order valence-corrected chi connectivity index (χ2v) is 9.50. The summed E-state index contributed by atoms with van der Waals surface area (Å²) in [7, 11) is 0. The van der Waals surface area contributed by atoms with Crippen LogP contribution < -0.4 is 4.74 Å². The summed E-state index contributed by atoms with van der Waals surface area (Å²) in [6, 6.07) is 7.89. The summed E-state index contributed by atoms with van der Waals surface area (Å²) in [5.41, 5.74) is 2.02. The summed E-state index contributed by atoms with van der Waals surface area (Å²) in [4.78, 5) is 15.2. The van der Waals surface area contributed by atoms with Crippen molar-refractivity contribution in [1.29, 1.82) is 0 Å². The number of hydrogen-bond acceptors (Lipinski definition) is 5. The van der Waals surface area contributed by atoms with Crippen molar-refractivity contribution >= 4 is 10.9 Å².